The van der Waals surface area contributed by atoms with Crippen molar-refractivity contribution < 1.29 is 4.79 Å². The van der Waals surface area contributed by atoms with Gasteiger partial charge in [0.25, 0.3) is 0 Å². The van der Waals surface area contributed by atoms with Gasteiger partial charge in [-0.25, -0.2) is 0 Å². The molecule has 0 aliphatic heterocycles. The van der Waals surface area contributed by atoms with Gasteiger partial charge in [-0.05, 0) is 42.7 Å². The summed E-state index contributed by atoms with van der Waals surface area (Å²) in [5, 5.41) is 0. The molecule has 17 heavy (non-hydrogen) atoms. The van der Waals surface area contributed by atoms with Gasteiger partial charge in [0.15, 0.2) is 5.78 Å². The lowest BCUT2D eigenvalue weighted by molar-refractivity contribution is -0.115. The Labute approximate surface area is 103 Å². The normalized spacial score (nSPS) is 28.5. The third-order valence-electron chi connectivity index (χ3n) is 4.19. The van der Waals surface area contributed by atoms with Crippen LogP contribution < -0.4 is 0 Å². The van der Waals surface area contributed by atoms with Crippen molar-refractivity contribution in [3.63, 3.8) is 0 Å². The Bertz CT molecular complexity index is 444. The van der Waals surface area contributed by atoms with Gasteiger partial charge in [0.05, 0.1) is 0 Å². The van der Waals surface area contributed by atoms with Crippen LogP contribution in [0.15, 0.2) is 42.0 Å². The summed E-state index contributed by atoms with van der Waals surface area (Å²) in [6.07, 6.45) is 7.62. The lowest BCUT2D eigenvalue weighted by Gasteiger charge is -2.35. The van der Waals surface area contributed by atoms with Crippen LogP contribution in [-0.2, 0) is 4.79 Å². The number of allylic oxidation sites excluding steroid dienone is 2. The molecule has 2 unspecified atom stereocenters. The van der Waals surface area contributed by atoms with Gasteiger partial charge in [-0.3, -0.25) is 4.79 Å². The Morgan fingerprint density at radius 1 is 1.00 bits per heavy atom. The van der Waals surface area contributed by atoms with E-state index < -0.39 is 0 Å². The molecule has 2 atom stereocenters. The molecule has 0 amide bonds. The summed E-state index contributed by atoms with van der Waals surface area (Å²) in [4.78, 5) is 11.8. The molecule has 2 aliphatic rings. The predicted octanol–water partition coefficient (Wildman–Crippen LogP) is 3.86. The number of carbonyl (C=O) groups excluding carboxylic acids is 1. The topological polar surface area (TPSA) is 17.1 Å². The number of rotatable bonds is 1. The third-order valence-corrected chi connectivity index (χ3v) is 4.19. The zero-order chi connectivity index (χ0) is 11.7. The molecule has 0 spiro atoms. The molecule has 1 fully saturated rings. The summed E-state index contributed by atoms with van der Waals surface area (Å²) in [5.74, 6) is 1.39. The second-order valence-corrected chi connectivity index (χ2v) is 5.26. The Morgan fingerprint density at radius 2 is 1.82 bits per heavy atom. The Balaban J connectivity index is 1.95. The molecule has 1 heteroatoms. The first-order chi connectivity index (χ1) is 8.34. The number of ketones is 1. The Morgan fingerprint density at radius 3 is 2.65 bits per heavy atom. The molecular formula is C16H18O. The van der Waals surface area contributed by atoms with E-state index >= 15 is 0 Å². The van der Waals surface area contributed by atoms with E-state index in [2.05, 4.69) is 24.3 Å². The van der Waals surface area contributed by atoms with Gasteiger partial charge in [0, 0.05) is 6.42 Å². The highest BCUT2D eigenvalue weighted by Crippen LogP contribution is 2.44. The molecule has 0 radical (unpaired) electrons. The monoisotopic (exact) mass is 226 g/mol. The largest absolute Gasteiger partial charge is 0.295 e. The molecule has 0 N–H and O–H groups in total. The van der Waals surface area contributed by atoms with Gasteiger partial charge in [-0.15, -0.1) is 0 Å². The van der Waals surface area contributed by atoms with Gasteiger partial charge >= 0.3 is 0 Å². The van der Waals surface area contributed by atoms with Gasteiger partial charge in [-0.1, -0.05) is 42.3 Å². The Hall–Kier alpha value is -1.37. The number of hydrogen-bond donors (Lipinski definition) is 0. The molecule has 0 aromatic heterocycles. The fourth-order valence-electron chi connectivity index (χ4n) is 3.38. The zero-order valence-electron chi connectivity index (χ0n) is 10.1. The minimum absolute atomic E-state index is 0.326. The summed E-state index contributed by atoms with van der Waals surface area (Å²) in [6, 6.07) is 10.6. The summed E-state index contributed by atoms with van der Waals surface area (Å²) < 4.78 is 0. The van der Waals surface area contributed by atoms with E-state index in [1.54, 1.807) is 0 Å². The van der Waals surface area contributed by atoms with E-state index in [1.165, 1.54) is 30.4 Å². The zero-order valence-corrected chi connectivity index (χ0v) is 10.1. The van der Waals surface area contributed by atoms with Crippen molar-refractivity contribution in [2.75, 3.05) is 0 Å². The maximum absolute atomic E-state index is 11.8. The molecule has 1 aromatic rings. The smallest absolute Gasteiger partial charge is 0.156 e. The molecule has 3 rings (SSSR count). The first-order valence-electron chi connectivity index (χ1n) is 6.63. The van der Waals surface area contributed by atoms with Crippen LogP contribution in [0, 0.1) is 5.92 Å². The SMILES string of the molecule is O=C1C=C2CCCCC2C(c2ccccc2)C1. The van der Waals surface area contributed by atoms with Crippen molar-refractivity contribution in [3.05, 3.63) is 47.5 Å². The standard InChI is InChI=1S/C16H18O/c17-14-10-13-8-4-5-9-15(13)16(11-14)12-6-2-1-3-7-12/h1-3,6-7,10,15-16H,4-5,8-9,11H2. The molecule has 0 bridgehead atoms. The number of fused-ring (bicyclic) bond motifs is 1. The molecule has 2 aliphatic carbocycles. The van der Waals surface area contributed by atoms with Crippen LogP contribution >= 0.6 is 0 Å². The van der Waals surface area contributed by atoms with Gasteiger partial charge in [0.1, 0.15) is 0 Å². The molecule has 0 heterocycles. The van der Waals surface area contributed by atoms with Crippen molar-refractivity contribution in [2.24, 2.45) is 5.92 Å². The minimum atomic E-state index is 0.326. The van der Waals surface area contributed by atoms with Gasteiger partial charge in [-0.2, -0.15) is 0 Å². The first kappa shape index (κ1) is 10.8. The molecule has 0 saturated heterocycles. The second kappa shape index (κ2) is 4.48. The van der Waals surface area contributed by atoms with Crippen LogP contribution in [0.5, 0.6) is 0 Å². The highest BCUT2D eigenvalue weighted by molar-refractivity contribution is 5.92. The van der Waals surface area contributed by atoms with Crippen molar-refractivity contribution in [2.45, 2.75) is 38.0 Å². The fraction of sp³-hybridized carbons (Fsp3) is 0.438. The lowest BCUT2D eigenvalue weighted by Crippen LogP contribution is -2.25. The number of carbonyl (C=O) groups is 1. The summed E-state index contributed by atoms with van der Waals surface area (Å²) in [6.45, 7) is 0. The fourth-order valence-corrected chi connectivity index (χ4v) is 3.38. The van der Waals surface area contributed by atoms with Crippen molar-refractivity contribution in [1.29, 1.82) is 0 Å². The van der Waals surface area contributed by atoms with Crippen LogP contribution in [-0.4, -0.2) is 5.78 Å². The number of benzene rings is 1. The quantitative estimate of drug-likeness (QED) is 0.710. The lowest BCUT2D eigenvalue weighted by atomic mass is 9.68. The predicted molar refractivity (Wildman–Crippen MR) is 68.8 cm³/mol. The number of hydrogen-bond acceptors (Lipinski definition) is 1. The average molecular weight is 226 g/mol. The highest BCUT2D eigenvalue weighted by atomic mass is 16.1. The maximum Gasteiger partial charge on any atom is 0.156 e. The van der Waals surface area contributed by atoms with E-state index in [0.717, 1.165) is 6.42 Å². The molecule has 88 valence electrons. The van der Waals surface area contributed by atoms with E-state index in [-0.39, 0.29) is 0 Å². The van der Waals surface area contributed by atoms with Crippen LogP contribution in [0.3, 0.4) is 0 Å². The van der Waals surface area contributed by atoms with Crippen molar-refractivity contribution >= 4 is 5.78 Å². The third kappa shape index (κ3) is 2.06. The molecule has 1 aromatic carbocycles. The first-order valence-corrected chi connectivity index (χ1v) is 6.63. The van der Waals surface area contributed by atoms with Gasteiger partial charge in [0.2, 0.25) is 0 Å². The van der Waals surface area contributed by atoms with Gasteiger partial charge < -0.3 is 0 Å². The molecule has 1 saturated carbocycles. The van der Waals surface area contributed by atoms with Crippen molar-refractivity contribution in [3.8, 4) is 0 Å². The average Bonchev–Trinajstić information content (AvgIpc) is 2.39. The van der Waals surface area contributed by atoms with Crippen LogP contribution in [0.4, 0.5) is 0 Å². The highest BCUT2D eigenvalue weighted by Gasteiger charge is 2.33. The van der Waals surface area contributed by atoms with Crippen LogP contribution in [0.25, 0.3) is 0 Å². The second-order valence-electron chi connectivity index (χ2n) is 5.26. The maximum atomic E-state index is 11.8. The summed E-state index contributed by atoms with van der Waals surface area (Å²) in [7, 11) is 0. The van der Waals surface area contributed by atoms with Crippen LogP contribution in [0.1, 0.15) is 43.6 Å². The van der Waals surface area contributed by atoms with Crippen LogP contribution in [0.2, 0.25) is 0 Å². The van der Waals surface area contributed by atoms with E-state index in [0.29, 0.717) is 24.0 Å². The Kier molecular flexibility index (Phi) is 2.84. The summed E-state index contributed by atoms with van der Waals surface area (Å²) >= 11 is 0. The van der Waals surface area contributed by atoms with E-state index in [4.69, 9.17) is 0 Å². The minimum Gasteiger partial charge on any atom is -0.295 e. The molecule has 1 nitrogen and oxygen atoms in total. The van der Waals surface area contributed by atoms with Crippen molar-refractivity contribution in [1.82, 2.24) is 0 Å². The van der Waals surface area contributed by atoms with E-state index in [9.17, 15) is 4.79 Å². The van der Waals surface area contributed by atoms with E-state index in [1.807, 2.05) is 12.1 Å². The molecular weight excluding hydrogens is 208 g/mol. The summed E-state index contributed by atoms with van der Waals surface area (Å²) in [5.41, 5.74) is 2.76.